The van der Waals surface area contributed by atoms with Crippen molar-refractivity contribution in [1.82, 2.24) is 0 Å². The second-order valence-electron chi connectivity index (χ2n) is 3.64. The average Bonchev–Trinajstić information content (AvgIpc) is 2.38. The van der Waals surface area contributed by atoms with Gasteiger partial charge in [-0.3, -0.25) is 0 Å². The Hall–Kier alpha value is -2.41. The van der Waals surface area contributed by atoms with Gasteiger partial charge in [0.15, 0.2) is 0 Å². The molecule has 2 rings (SSSR count). The van der Waals surface area contributed by atoms with Crippen molar-refractivity contribution in [2.24, 2.45) is 0 Å². The van der Waals surface area contributed by atoms with Gasteiger partial charge in [-0.2, -0.15) is 5.26 Å². The van der Waals surface area contributed by atoms with Gasteiger partial charge in [-0.05, 0) is 18.2 Å². The van der Waals surface area contributed by atoms with E-state index in [4.69, 9.17) is 10.00 Å². The molecule has 0 aromatic heterocycles. The van der Waals surface area contributed by atoms with Crippen LogP contribution in [0.2, 0.25) is 0 Å². The van der Waals surface area contributed by atoms with Crippen molar-refractivity contribution in [2.75, 3.05) is 0 Å². The van der Waals surface area contributed by atoms with E-state index in [1.807, 2.05) is 0 Å². The summed E-state index contributed by atoms with van der Waals surface area (Å²) in [6.07, 6.45) is 0. The summed E-state index contributed by atoms with van der Waals surface area (Å²) in [6.45, 7) is -0.0508. The third kappa shape index (κ3) is 2.64. The molecule has 0 saturated heterocycles. The van der Waals surface area contributed by atoms with Gasteiger partial charge >= 0.3 is 0 Å². The van der Waals surface area contributed by atoms with E-state index in [0.717, 1.165) is 0 Å². The summed E-state index contributed by atoms with van der Waals surface area (Å²) in [5, 5.41) is 8.68. The normalized spacial score (nSPS) is 9.83. The first-order valence-corrected chi connectivity index (χ1v) is 5.26. The van der Waals surface area contributed by atoms with Crippen molar-refractivity contribution in [3.8, 4) is 11.8 Å². The van der Waals surface area contributed by atoms with Crippen LogP contribution in [0.4, 0.5) is 8.78 Å². The quantitative estimate of drug-likeness (QED) is 0.830. The van der Waals surface area contributed by atoms with E-state index in [9.17, 15) is 8.78 Å². The SMILES string of the molecule is N#Cc1cccc(COc2cccc(F)c2)c1F. The van der Waals surface area contributed by atoms with Gasteiger partial charge in [0.1, 0.15) is 30.1 Å². The largest absolute Gasteiger partial charge is 0.489 e. The van der Waals surface area contributed by atoms with Gasteiger partial charge in [0.2, 0.25) is 0 Å². The molecule has 0 aliphatic heterocycles. The maximum absolute atomic E-state index is 13.7. The highest BCUT2D eigenvalue weighted by Crippen LogP contribution is 2.17. The molecule has 0 saturated carbocycles. The Morgan fingerprint density at radius 2 is 1.89 bits per heavy atom. The topological polar surface area (TPSA) is 33.0 Å². The molecule has 0 heterocycles. The lowest BCUT2D eigenvalue weighted by atomic mass is 10.1. The first kappa shape index (κ1) is 12.1. The number of benzene rings is 2. The molecule has 90 valence electrons. The van der Waals surface area contributed by atoms with Gasteiger partial charge in [0.25, 0.3) is 0 Å². The van der Waals surface area contributed by atoms with E-state index in [1.165, 1.54) is 30.3 Å². The molecule has 0 aliphatic rings. The lowest BCUT2D eigenvalue weighted by Gasteiger charge is -2.07. The Labute approximate surface area is 103 Å². The number of hydrogen-bond acceptors (Lipinski definition) is 2. The van der Waals surface area contributed by atoms with E-state index in [0.29, 0.717) is 5.75 Å². The zero-order chi connectivity index (χ0) is 13.0. The fourth-order valence-corrected chi connectivity index (χ4v) is 1.50. The molecule has 0 spiro atoms. The van der Waals surface area contributed by atoms with E-state index in [2.05, 4.69) is 0 Å². The summed E-state index contributed by atoms with van der Waals surface area (Å²) in [5.41, 5.74) is 0.230. The monoisotopic (exact) mass is 245 g/mol. The van der Waals surface area contributed by atoms with Gasteiger partial charge in [-0.25, -0.2) is 8.78 Å². The molecule has 18 heavy (non-hydrogen) atoms. The van der Waals surface area contributed by atoms with Crippen molar-refractivity contribution < 1.29 is 13.5 Å². The van der Waals surface area contributed by atoms with Crippen LogP contribution in [0.15, 0.2) is 42.5 Å². The molecule has 0 radical (unpaired) electrons. The van der Waals surface area contributed by atoms with Crippen molar-refractivity contribution >= 4 is 0 Å². The van der Waals surface area contributed by atoms with Crippen LogP contribution in [-0.4, -0.2) is 0 Å². The molecule has 4 heteroatoms. The minimum absolute atomic E-state index is 0.0321. The minimum Gasteiger partial charge on any atom is -0.489 e. The Kier molecular flexibility index (Phi) is 3.54. The summed E-state index contributed by atoms with van der Waals surface area (Å²) in [6, 6.07) is 11.8. The highest BCUT2D eigenvalue weighted by atomic mass is 19.1. The first-order chi connectivity index (χ1) is 8.70. The first-order valence-electron chi connectivity index (χ1n) is 5.26. The second kappa shape index (κ2) is 5.28. The van der Waals surface area contributed by atoms with Crippen LogP contribution in [0.5, 0.6) is 5.75 Å². The number of nitriles is 1. The summed E-state index contributed by atoms with van der Waals surface area (Å²) in [7, 11) is 0. The van der Waals surface area contributed by atoms with Crippen molar-refractivity contribution in [2.45, 2.75) is 6.61 Å². The van der Waals surface area contributed by atoms with E-state index in [-0.39, 0.29) is 17.7 Å². The van der Waals surface area contributed by atoms with Gasteiger partial charge in [-0.15, -0.1) is 0 Å². The fourth-order valence-electron chi connectivity index (χ4n) is 1.50. The highest BCUT2D eigenvalue weighted by molar-refractivity contribution is 5.35. The Bertz CT molecular complexity index is 605. The maximum atomic E-state index is 13.7. The molecule has 0 N–H and O–H groups in total. The molecule has 0 amide bonds. The zero-order valence-electron chi connectivity index (χ0n) is 9.36. The van der Waals surface area contributed by atoms with Gasteiger partial charge in [-0.1, -0.05) is 18.2 Å². The van der Waals surface area contributed by atoms with Crippen LogP contribution in [0.25, 0.3) is 0 Å². The minimum atomic E-state index is -0.601. The molecule has 0 unspecified atom stereocenters. The molecular formula is C14H9F2NO. The predicted molar refractivity (Wildman–Crippen MR) is 61.8 cm³/mol. The maximum Gasteiger partial charge on any atom is 0.147 e. The van der Waals surface area contributed by atoms with Crippen molar-refractivity contribution in [3.05, 3.63) is 65.2 Å². The molecular weight excluding hydrogens is 236 g/mol. The van der Waals surface area contributed by atoms with Crippen LogP contribution in [0.3, 0.4) is 0 Å². The Morgan fingerprint density at radius 3 is 2.61 bits per heavy atom. The Balaban J connectivity index is 2.14. The van der Waals surface area contributed by atoms with Gasteiger partial charge in [0.05, 0.1) is 5.56 Å². The number of halogens is 2. The van der Waals surface area contributed by atoms with Gasteiger partial charge in [0, 0.05) is 11.6 Å². The summed E-state index contributed by atoms with van der Waals surface area (Å²) in [4.78, 5) is 0. The lowest BCUT2D eigenvalue weighted by molar-refractivity contribution is 0.298. The summed E-state index contributed by atoms with van der Waals surface area (Å²) in [5.74, 6) is -0.702. The Morgan fingerprint density at radius 1 is 1.11 bits per heavy atom. The molecule has 0 aliphatic carbocycles. The van der Waals surface area contributed by atoms with Crippen LogP contribution >= 0.6 is 0 Å². The van der Waals surface area contributed by atoms with E-state index in [1.54, 1.807) is 18.2 Å². The average molecular weight is 245 g/mol. The molecule has 0 fully saturated rings. The smallest absolute Gasteiger partial charge is 0.147 e. The third-order valence-electron chi connectivity index (χ3n) is 2.39. The van der Waals surface area contributed by atoms with Crippen LogP contribution in [0.1, 0.15) is 11.1 Å². The summed E-state index contributed by atoms with van der Waals surface area (Å²) < 4.78 is 31.8. The van der Waals surface area contributed by atoms with Crippen LogP contribution in [-0.2, 0) is 6.61 Å². The molecule has 0 atom stereocenters. The molecule has 2 aromatic carbocycles. The molecule has 0 bridgehead atoms. The van der Waals surface area contributed by atoms with E-state index < -0.39 is 11.6 Å². The lowest BCUT2D eigenvalue weighted by Crippen LogP contribution is -2.00. The zero-order valence-corrected chi connectivity index (χ0v) is 9.36. The standard InChI is InChI=1S/C14H9F2NO/c15-12-5-2-6-13(7-12)18-9-11-4-1-3-10(8-17)14(11)16/h1-7H,9H2. The second-order valence-corrected chi connectivity index (χ2v) is 3.64. The molecule has 2 aromatic rings. The van der Waals surface area contributed by atoms with Crippen LogP contribution in [0, 0.1) is 23.0 Å². The number of rotatable bonds is 3. The molecule has 2 nitrogen and oxygen atoms in total. The number of hydrogen-bond donors (Lipinski definition) is 0. The summed E-state index contributed by atoms with van der Waals surface area (Å²) >= 11 is 0. The van der Waals surface area contributed by atoms with Crippen LogP contribution < -0.4 is 4.74 Å². The number of nitrogens with zero attached hydrogens (tertiary/aromatic N) is 1. The van der Waals surface area contributed by atoms with Crippen molar-refractivity contribution in [3.63, 3.8) is 0 Å². The highest BCUT2D eigenvalue weighted by Gasteiger charge is 2.08. The van der Waals surface area contributed by atoms with Crippen molar-refractivity contribution in [1.29, 1.82) is 5.26 Å². The third-order valence-corrected chi connectivity index (χ3v) is 2.39. The predicted octanol–water partition coefficient (Wildman–Crippen LogP) is 3.42. The van der Waals surface area contributed by atoms with Gasteiger partial charge < -0.3 is 4.74 Å². The number of ether oxygens (including phenoxy) is 1. The fraction of sp³-hybridized carbons (Fsp3) is 0.0714. The van der Waals surface area contributed by atoms with E-state index >= 15 is 0 Å².